The smallest absolute Gasteiger partial charge is 0.333 e. The minimum absolute atomic E-state index is 0. The van der Waals surface area contributed by atoms with Crippen molar-refractivity contribution in [3.8, 4) is 0 Å². The molecular formula is C36H32Cl5F3N6O6. The minimum atomic E-state index is -1.53. The largest absolute Gasteiger partial charge is 0.456 e. The summed E-state index contributed by atoms with van der Waals surface area (Å²) in [5.74, 6) is -1.27. The normalized spacial score (nSPS) is 14.9. The molecular weight excluding hydrogens is 847 g/mol. The fourth-order valence-electron chi connectivity index (χ4n) is 4.81. The molecule has 3 aliphatic rings. The van der Waals surface area contributed by atoms with Crippen LogP contribution < -0.4 is 0 Å². The van der Waals surface area contributed by atoms with Crippen molar-refractivity contribution >= 4 is 76.7 Å². The predicted octanol–water partition coefficient (Wildman–Crippen LogP) is 7.77. The van der Waals surface area contributed by atoms with Gasteiger partial charge in [-0.3, -0.25) is 0 Å². The van der Waals surface area contributed by atoms with Gasteiger partial charge in [0.05, 0.1) is 23.6 Å². The third kappa shape index (κ3) is 15.4. The molecule has 1 unspecified atom stereocenters. The van der Waals surface area contributed by atoms with Crippen LogP contribution in [0.2, 0.25) is 15.5 Å². The van der Waals surface area contributed by atoms with Gasteiger partial charge in [0.25, 0.3) is 0 Å². The summed E-state index contributed by atoms with van der Waals surface area (Å²) in [7, 11) is 0. The molecule has 56 heavy (non-hydrogen) atoms. The van der Waals surface area contributed by atoms with E-state index in [-0.39, 0.29) is 38.8 Å². The number of nitrogens with zero attached hydrogens (tertiary/aromatic N) is 6. The maximum absolute atomic E-state index is 13.0. The van der Waals surface area contributed by atoms with Gasteiger partial charge in [-0.15, -0.1) is 12.4 Å². The van der Waals surface area contributed by atoms with Crippen LogP contribution in [0, 0.1) is 0 Å². The molecule has 6 rings (SSSR count). The summed E-state index contributed by atoms with van der Waals surface area (Å²) in [6, 6.07) is 10.3. The van der Waals surface area contributed by atoms with Gasteiger partial charge in [-0.2, -0.15) is 0 Å². The van der Waals surface area contributed by atoms with Crippen molar-refractivity contribution in [2.75, 3.05) is 26.4 Å². The van der Waals surface area contributed by atoms with Crippen LogP contribution in [-0.4, -0.2) is 79.6 Å². The van der Waals surface area contributed by atoms with Gasteiger partial charge in [-0.25, -0.2) is 42.5 Å². The van der Waals surface area contributed by atoms with Gasteiger partial charge >= 0.3 is 17.9 Å². The van der Waals surface area contributed by atoms with Gasteiger partial charge in [0.1, 0.15) is 47.9 Å². The topological polar surface area (TPSA) is 127 Å². The van der Waals surface area contributed by atoms with Crippen molar-refractivity contribution in [3.63, 3.8) is 0 Å². The third-order valence-corrected chi connectivity index (χ3v) is 8.17. The fraction of sp³-hybridized carbons (Fsp3) is 0.222. The molecule has 298 valence electrons. The first-order chi connectivity index (χ1) is 26.4. The Kier molecular flexibility index (Phi) is 19.0. The van der Waals surface area contributed by atoms with Crippen molar-refractivity contribution < 1.29 is 41.8 Å². The molecule has 0 fully saturated rings. The number of rotatable bonds is 13. The van der Waals surface area contributed by atoms with Crippen LogP contribution in [0.4, 0.5) is 13.2 Å². The average molecular weight is 879 g/mol. The second-order valence-corrected chi connectivity index (χ2v) is 12.9. The zero-order valence-electron chi connectivity index (χ0n) is 29.0. The first-order valence-corrected chi connectivity index (χ1v) is 17.5. The Morgan fingerprint density at radius 1 is 0.625 bits per heavy atom. The summed E-state index contributed by atoms with van der Waals surface area (Å²) in [5, 5.41) is 1.17. The van der Waals surface area contributed by atoms with E-state index < -0.39 is 23.5 Å². The van der Waals surface area contributed by atoms with Crippen LogP contribution in [0.3, 0.4) is 0 Å². The Hall–Kier alpha value is -4.80. The van der Waals surface area contributed by atoms with Crippen molar-refractivity contribution in [2.24, 2.45) is 0 Å². The quantitative estimate of drug-likeness (QED) is 0.0721. The Morgan fingerprint density at radius 3 is 1.27 bits per heavy atom. The molecule has 0 bridgehead atoms. The molecule has 0 N–H and O–H groups in total. The lowest BCUT2D eigenvalue weighted by atomic mass is 10.2. The number of ether oxygens (including phenoxy) is 3. The summed E-state index contributed by atoms with van der Waals surface area (Å²) < 4.78 is 52.1. The monoisotopic (exact) mass is 876 g/mol. The number of carbonyl (C=O) groups is 3. The average Bonchev–Trinajstić information content (AvgIpc) is 3.92. The van der Waals surface area contributed by atoms with Crippen LogP contribution in [0.1, 0.15) is 16.7 Å². The van der Waals surface area contributed by atoms with Gasteiger partial charge in [0, 0.05) is 68.9 Å². The van der Waals surface area contributed by atoms with E-state index in [0.29, 0.717) is 64.8 Å². The number of cyclic esters (lactones) is 3. The molecule has 0 aliphatic carbocycles. The third-order valence-electron chi connectivity index (χ3n) is 7.36. The molecule has 0 amide bonds. The lowest BCUT2D eigenvalue weighted by Crippen LogP contribution is -2.28. The summed E-state index contributed by atoms with van der Waals surface area (Å²) >= 11 is 22.4. The molecule has 1 atom stereocenters. The van der Waals surface area contributed by atoms with Crippen molar-refractivity contribution in [1.29, 1.82) is 0 Å². The van der Waals surface area contributed by atoms with E-state index in [0.717, 1.165) is 16.7 Å². The van der Waals surface area contributed by atoms with Gasteiger partial charge in [-0.1, -0.05) is 64.6 Å². The van der Waals surface area contributed by atoms with Crippen molar-refractivity contribution in [3.05, 3.63) is 148 Å². The predicted molar refractivity (Wildman–Crippen MR) is 205 cm³/mol. The zero-order chi connectivity index (χ0) is 39.7. The van der Waals surface area contributed by atoms with E-state index in [4.69, 9.17) is 60.6 Å². The molecule has 0 radical (unpaired) electrons. The minimum Gasteiger partial charge on any atom is -0.456 e. The maximum Gasteiger partial charge on any atom is 0.333 e. The molecule has 20 heteroatoms. The summed E-state index contributed by atoms with van der Waals surface area (Å²) in [4.78, 5) is 49.7. The summed E-state index contributed by atoms with van der Waals surface area (Å²) in [5.41, 5.74) is 2.80. The molecule has 3 aliphatic heterocycles. The number of esters is 3. The highest BCUT2D eigenvalue weighted by atomic mass is 35.5. The first-order valence-electron chi connectivity index (χ1n) is 16.0. The Bertz CT molecular complexity index is 1840. The van der Waals surface area contributed by atoms with Gasteiger partial charge in [0.2, 0.25) is 0 Å². The second kappa shape index (κ2) is 23.3. The van der Waals surface area contributed by atoms with Crippen LogP contribution in [-0.2, 0) is 48.2 Å². The standard InChI is InChI=1S/C12H11Cl2FN2O2.2C12H10ClFN2O2.ClH/c13-10(15)6-17(9-3-12(18)19-7-9)5-8-1-2-11(14)16-4-8;2*13-11-2-1-9(6-15-11)7-16(4-3-14)10-5-12(17)18-8-10;/h1-4,10H,5-7H2;2*1-6H,7-8H2;1H/b;4-3+;4-3-;. The lowest BCUT2D eigenvalue weighted by Gasteiger charge is -2.24. The highest BCUT2D eigenvalue weighted by molar-refractivity contribution is 6.29. The maximum atomic E-state index is 13.0. The molecule has 0 spiro atoms. The van der Waals surface area contributed by atoms with Crippen LogP contribution in [0.5, 0.6) is 0 Å². The fourth-order valence-corrected chi connectivity index (χ4v) is 5.31. The Morgan fingerprint density at radius 2 is 0.982 bits per heavy atom. The van der Waals surface area contributed by atoms with E-state index in [1.165, 1.54) is 30.6 Å². The van der Waals surface area contributed by atoms with E-state index in [2.05, 4.69) is 15.0 Å². The number of alkyl halides is 2. The molecule has 6 heterocycles. The van der Waals surface area contributed by atoms with Crippen molar-refractivity contribution in [2.45, 2.75) is 25.3 Å². The lowest BCUT2D eigenvalue weighted by molar-refractivity contribution is -0.135. The SMILES string of the molecule is Cl.O=C1C=C(N(/C=C/F)Cc2ccc(Cl)nc2)CO1.O=C1C=C(N(/C=C\F)Cc2ccc(Cl)nc2)CO1.O=C1C=C(N(Cc2ccc(Cl)nc2)CC(F)Cl)CO1. The number of aromatic nitrogens is 3. The summed E-state index contributed by atoms with van der Waals surface area (Å²) in [6.07, 6.45) is 12.1. The molecule has 12 nitrogen and oxygen atoms in total. The number of pyridine rings is 3. The van der Waals surface area contributed by atoms with Gasteiger partial charge < -0.3 is 28.9 Å². The van der Waals surface area contributed by atoms with Crippen LogP contribution in [0.15, 0.2) is 115 Å². The number of hydrogen-bond donors (Lipinski definition) is 0. The highest BCUT2D eigenvalue weighted by Gasteiger charge is 2.22. The second-order valence-electron chi connectivity index (χ2n) is 11.3. The van der Waals surface area contributed by atoms with E-state index in [1.807, 2.05) is 0 Å². The highest BCUT2D eigenvalue weighted by Crippen LogP contribution is 2.20. The molecule has 3 aromatic rings. The molecule has 0 saturated heterocycles. The first kappa shape index (κ1) is 45.6. The summed E-state index contributed by atoms with van der Waals surface area (Å²) in [6.45, 7) is 1.52. The van der Waals surface area contributed by atoms with E-state index in [9.17, 15) is 27.6 Å². The van der Waals surface area contributed by atoms with E-state index in [1.54, 1.807) is 69.7 Å². The molecule has 0 aromatic carbocycles. The van der Waals surface area contributed by atoms with Crippen molar-refractivity contribution in [1.82, 2.24) is 29.7 Å². The number of hydrogen-bond acceptors (Lipinski definition) is 12. The molecule has 3 aromatic heterocycles. The Balaban J connectivity index is 0.000000223. The Labute approximate surface area is 345 Å². The number of halogens is 8. The van der Waals surface area contributed by atoms with Gasteiger partial charge in [0.15, 0.2) is 5.63 Å². The zero-order valence-corrected chi connectivity index (χ0v) is 32.8. The van der Waals surface area contributed by atoms with Crippen LogP contribution >= 0.6 is 58.8 Å². The van der Waals surface area contributed by atoms with Crippen LogP contribution in [0.25, 0.3) is 0 Å². The van der Waals surface area contributed by atoms with Gasteiger partial charge in [-0.05, 0) is 34.9 Å². The number of carbonyl (C=O) groups excluding carboxylic acids is 3. The van der Waals surface area contributed by atoms with E-state index >= 15 is 0 Å². The molecule has 0 saturated carbocycles.